The largest absolute Gasteiger partial charge is 0.396 e. The first-order valence-corrected chi connectivity index (χ1v) is 6.51. The highest BCUT2D eigenvalue weighted by molar-refractivity contribution is 9.10. The molecule has 1 aromatic carbocycles. The second-order valence-electron chi connectivity index (χ2n) is 4.18. The molecule has 90 valence electrons. The van der Waals surface area contributed by atoms with Crippen molar-refractivity contribution in [2.24, 2.45) is 0 Å². The predicted octanol–water partition coefficient (Wildman–Crippen LogP) is 3.87. The Morgan fingerprint density at radius 3 is 2.88 bits per heavy atom. The maximum atomic E-state index is 6.02. The lowest BCUT2D eigenvalue weighted by Crippen LogP contribution is -2.04. The number of rotatable bonds is 3. The average molecular weight is 294 g/mol. The number of hydrogen-bond acceptors (Lipinski definition) is 2. The predicted molar refractivity (Wildman–Crippen MR) is 74.8 cm³/mol. The quantitative estimate of drug-likeness (QED) is 0.934. The van der Waals surface area contributed by atoms with E-state index in [0.29, 0.717) is 6.04 Å². The molecule has 1 atom stereocenters. The van der Waals surface area contributed by atoms with Gasteiger partial charge in [-0.1, -0.05) is 35.0 Å². The third kappa shape index (κ3) is 2.52. The summed E-state index contributed by atoms with van der Waals surface area (Å²) in [5.41, 5.74) is 8.64. The van der Waals surface area contributed by atoms with Gasteiger partial charge in [0.1, 0.15) is 5.69 Å². The van der Waals surface area contributed by atoms with Crippen LogP contribution in [-0.4, -0.2) is 9.78 Å². The molecule has 2 rings (SSSR count). The monoisotopic (exact) mass is 293 g/mol. The fraction of sp³-hybridized carbons (Fsp3) is 0.308. The smallest absolute Gasteiger partial charge is 0.115 e. The SMILES string of the molecule is CCC(C)n1cc(N)c(-c2cccc(Br)c2)n1. The van der Waals surface area contributed by atoms with Crippen LogP contribution in [0.5, 0.6) is 0 Å². The second kappa shape index (κ2) is 4.92. The molecule has 1 unspecified atom stereocenters. The van der Waals surface area contributed by atoms with Crippen LogP contribution in [0.15, 0.2) is 34.9 Å². The van der Waals surface area contributed by atoms with Gasteiger partial charge < -0.3 is 5.73 Å². The molecule has 2 N–H and O–H groups in total. The number of nitrogen functional groups attached to an aromatic ring is 1. The van der Waals surface area contributed by atoms with Crippen molar-refractivity contribution >= 4 is 21.6 Å². The summed E-state index contributed by atoms with van der Waals surface area (Å²) in [5.74, 6) is 0. The van der Waals surface area contributed by atoms with E-state index in [1.54, 1.807) is 0 Å². The molecule has 0 aliphatic carbocycles. The van der Waals surface area contributed by atoms with Gasteiger partial charge in [0.25, 0.3) is 0 Å². The van der Waals surface area contributed by atoms with Crippen LogP contribution >= 0.6 is 15.9 Å². The van der Waals surface area contributed by atoms with Crippen LogP contribution in [0.3, 0.4) is 0 Å². The van der Waals surface area contributed by atoms with Crippen molar-refractivity contribution in [1.29, 1.82) is 0 Å². The minimum atomic E-state index is 0.373. The minimum absolute atomic E-state index is 0.373. The van der Waals surface area contributed by atoms with E-state index in [0.717, 1.165) is 27.8 Å². The highest BCUT2D eigenvalue weighted by Crippen LogP contribution is 2.27. The van der Waals surface area contributed by atoms with Crippen molar-refractivity contribution in [2.75, 3.05) is 5.73 Å². The van der Waals surface area contributed by atoms with E-state index in [-0.39, 0.29) is 0 Å². The Hall–Kier alpha value is -1.29. The molecule has 1 aromatic heterocycles. The normalized spacial score (nSPS) is 12.6. The van der Waals surface area contributed by atoms with Crippen LogP contribution in [-0.2, 0) is 0 Å². The average Bonchev–Trinajstić information content (AvgIpc) is 2.70. The van der Waals surface area contributed by atoms with Gasteiger partial charge in [-0.25, -0.2) is 0 Å². The molecule has 4 heteroatoms. The summed E-state index contributed by atoms with van der Waals surface area (Å²) in [6.07, 6.45) is 2.95. The molecule has 0 bridgehead atoms. The molecule has 0 fully saturated rings. The van der Waals surface area contributed by atoms with Crippen molar-refractivity contribution in [2.45, 2.75) is 26.3 Å². The van der Waals surface area contributed by atoms with Gasteiger partial charge in [0.15, 0.2) is 0 Å². The molecule has 17 heavy (non-hydrogen) atoms. The van der Waals surface area contributed by atoms with Crippen molar-refractivity contribution in [3.05, 3.63) is 34.9 Å². The van der Waals surface area contributed by atoms with Gasteiger partial charge in [-0.05, 0) is 25.5 Å². The van der Waals surface area contributed by atoms with E-state index in [1.165, 1.54) is 0 Å². The fourth-order valence-electron chi connectivity index (χ4n) is 1.68. The molecule has 3 nitrogen and oxygen atoms in total. The number of nitrogens with two attached hydrogens (primary N) is 1. The van der Waals surface area contributed by atoms with E-state index < -0.39 is 0 Å². The van der Waals surface area contributed by atoms with Gasteiger partial charge in [0, 0.05) is 22.3 Å². The van der Waals surface area contributed by atoms with E-state index >= 15 is 0 Å². The van der Waals surface area contributed by atoms with E-state index in [9.17, 15) is 0 Å². The summed E-state index contributed by atoms with van der Waals surface area (Å²) >= 11 is 3.46. The number of halogens is 1. The number of hydrogen-bond donors (Lipinski definition) is 1. The Kier molecular flexibility index (Phi) is 3.52. The molecule has 1 heterocycles. The van der Waals surface area contributed by atoms with Gasteiger partial charge in [-0.15, -0.1) is 0 Å². The Morgan fingerprint density at radius 1 is 1.47 bits per heavy atom. The number of aromatic nitrogens is 2. The molecule has 0 saturated heterocycles. The van der Waals surface area contributed by atoms with E-state index in [2.05, 4.69) is 34.9 Å². The Morgan fingerprint density at radius 2 is 2.24 bits per heavy atom. The van der Waals surface area contributed by atoms with Crippen LogP contribution in [0.1, 0.15) is 26.3 Å². The van der Waals surface area contributed by atoms with Gasteiger partial charge in [-0.2, -0.15) is 5.10 Å². The zero-order valence-electron chi connectivity index (χ0n) is 10.0. The third-order valence-electron chi connectivity index (χ3n) is 2.90. The lowest BCUT2D eigenvalue weighted by Gasteiger charge is -2.07. The Bertz CT molecular complexity index is 519. The first-order chi connectivity index (χ1) is 8.11. The summed E-state index contributed by atoms with van der Waals surface area (Å²) in [6.45, 7) is 4.28. The molecular weight excluding hydrogens is 278 g/mol. The Labute approximate surface area is 110 Å². The summed E-state index contributed by atoms with van der Waals surface area (Å²) in [4.78, 5) is 0. The summed E-state index contributed by atoms with van der Waals surface area (Å²) in [7, 11) is 0. The van der Waals surface area contributed by atoms with Crippen molar-refractivity contribution in [1.82, 2.24) is 9.78 Å². The maximum Gasteiger partial charge on any atom is 0.115 e. The highest BCUT2D eigenvalue weighted by Gasteiger charge is 2.11. The van der Waals surface area contributed by atoms with Crippen LogP contribution in [0.4, 0.5) is 5.69 Å². The number of benzene rings is 1. The van der Waals surface area contributed by atoms with Gasteiger partial charge in [0.05, 0.1) is 5.69 Å². The second-order valence-corrected chi connectivity index (χ2v) is 5.10. The zero-order valence-corrected chi connectivity index (χ0v) is 11.6. The van der Waals surface area contributed by atoms with Crippen molar-refractivity contribution in [3.8, 4) is 11.3 Å². The Balaban J connectivity index is 2.42. The third-order valence-corrected chi connectivity index (χ3v) is 3.39. The van der Waals surface area contributed by atoms with Gasteiger partial charge in [-0.3, -0.25) is 4.68 Å². The van der Waals surface area contributed by atoms with Crippen LogP contribution < -0.4 is 5.73 Å². The molecule has 0 saturated carbocycles. The first-order valence-electron chi connectivity index (χ1n) is 5.72. The van der Waals surface area contributed by atoms with E-state index in [4.69, 9.17) is 5.73 Å². The van der Waals surface area contributed by atoms with Crippen LogP contribution in [0.2, 0.25) is 0 Å². The summed E-state index contributed by atoms with van der Waals surface area (Å²) in [6, 6.07) is 8.40. The topological polar surface area (TPSA) is 43.8 Å². The molecule has 0 aliphatic rings. The molecular formula is C13H16BrN3. The lowest BCUT2D eigenvalue weighted by atomic mass is 10.1. The zero-order chi connectivity index (χ0) is 12.4. The van der Waals surface area contributed by atoms with Crippen LogP contribution in [0, 0.1) is 0 Å². The van der Waals surface area contributed by atoms with Gasteiger partial charge >= 0.3 is 0 Å². The van der Waals surface area contributed by atoms with Crippen molar-refractivity contribution < 1.29 is 0 Å². The van der Waals surface area contributed by atoms with Gasteiger partial charge in [0.2, 0.25) is 0 Å². The standard InChI is InChI=1S/C13H16BrN3/c1-3-9(2)17-8-12(15)13(16-17)10-5-4-6-11(14)7-10/h4-9H,3,15H2,1-2H3. The van der Waals surface area contributed by atoms with Crippen molar-refractivity contribution in [3.63, 3.8) is 0 Å². The highest BCUT2D eigenvalue weighted by atomic mass is 79.9. The minimum Gasteiger partial charge on any atom is -0.396 e. The molecule has 0 amide bonds. The maximum absolute atomic E-state index is 6.02. The number of anilines is 1. The molecule has 2 aromatic rings. The molecule has 0 aliphatic heterocycles. The first kappa shape index (κ1) is 12.2. The summed E-state index contributed by atoms with van der Waals surface area (Å²) in [5, 5.41) is 4.56. The molecule has 0 radical (unpaired) electrons. The van der Waals surface area contributed by atoms with E-state index in [1.807, 2.05) is 35.1 Å². The number of nitrogens with zero attached hydrogens (tertiary/aromatic N) is 2. The van der Waals surface area contributed by atoms with Crippen LogP contribution in [0.25, 0.3) is 11.3 Å². The molecule has 0 spiro atoms. The fourth-order valence-corrected chi connectivity index (χ4v) is 2.08. The summed E-state index contributed by atoms with van der Waals surface area (Å²) < 4.78 is 2.97. The lowest BCUT2D eigenvalue weighted by molar-refractivity contribution is 0.479.